The van der Waals surface area contributed by atoms with Crippen molar-refractivity contribution in [3.05, 3.63) is 52.3 Å². The summed E-state index contributed by atoms with van der Waals surface area (Å²) in [6.07, 6.45) is 3.00. The van der Waals surface area contributed by atoms with E-state index in [4.69, 9.17) is 5.73 Å². The van der Waals surface area contributed by atoms with E-state index in [1.165, 1.54) is 12.4 Å². The Hall–Kier alpha value is -1.88. The van der Waals surface area contributed by atoms with Crippen molar-refractivity contribution in [1.29, 1.82) is 0 Å². The van der Waals surface area contributed by atoms with Crippen LogP contribution in [0.2, 0.25) is 0 Å². The molecule has 0 saturated heterocycles. The highest BCUT2D eigenvalue weighted by molar-refractivity contribution is 9.10. The number of amides is 1. The maximum Gasteiger partial charge on any atom is 0.257 e. The maximum atomic E-state index is 12.0. The first-order chi connectivity index (χ1) is 8.58. The van der Waals surface area contributed by atoms with E-state index in [9.17, 15) is 4.79 Å². The molecule has 0 fully saturated rings. The zero-order valence-corrected chi connectivity index (χ0v) is 11.4. The Bertz CT molecular complexity index is 599. The molecule has 0 atom stereocenters. The van der Waals surface area contributed by atoms with Gasteiger partial charge in [-0.25, -0.2) is 0 Å². The van der Waals surface area contributed by atoms with Gasteiger partial charge in [0.2, 0.25) is 0 Å². The molecule has 4 nitrogen and oxygen atoms in total. The number of halogens is 1. The van der Waals surface area contributed by atoms with Crippen LogP contribution in [0.3, 0.4) is 0 Å². The van der Waals surface area contributed by atoms with E-state index in [1.54, 1.807) is 6.07 Å². The van der Waals surface area contributed by atoms with Crippen LogP contribution in [0.1, 0.15) is 15.9 Å². The predicted molar refractivity (Wildman–Crippen MR) is 75.5 cm³/mol. The van der Waals surface area contributed by atoms with E-state index in [0.717, 1.165) is 10.0 Å². The van der Waals surface area contributed by atoms with Gasteiger partial charge in [0.05, 0.1) is 17.4 Å². The molecule has 0 spiro atoms. The number of pyridine rings is 1. The third-order valence-corrected chi connectivity index (χ3v) is 3.38. The molecular weight excluding hydrogens is 294 g/mol. The van der Waals surface area contributed by atoms with Crippen LogP contribution in [0.5, 0.6) is 0 Å². The third-order valence-electron chi connectivity index (χ3n) is 2.53. The first kappa shape index (κ1) is 12.6. The summed E-state index contributed by atoms with van der Waals surface area (Å²) in [6, 6.07) is 7.21. The summed E-state index contributed by atoms with van der Waals surface area (Å²) in [5.41, 5.74) is 8.30. The zero-order chi connectivity index (χ0) is 13.1. The van der Waals surface area contributed by atoms with Crippen molar-refractivity contribution in [2.45, 2.75) is 6.92 Å². The van der Waals surface area contributed by atoms with Crippen molar-refractivity contribution in [3.63, 3.8) is 0 Å². The molecule has 0 aliphatic heterocycles. The number of nitrogens with zero attached hydrogens (tertiary/aromatic N) is 1. The van der Waals surface area contributed by atoms with E-state index in [0.29, 0.717) is 16.9 Å². The minimum Gasteiger partial charge on any atom is -0.397 e. The van der Waals surface area contributed by atoms with Gasteiger partial charge in [0, 0.05) is 16.4 Å². The second-order valence-corrected chi connectivity index (χ2v) is 4.74. The van der Waals surface area contributed by atoms with Gasteiger partial charge in [-0.2, -0.15) is 0 Å². The molecule has 2 rings (SSSR count). The van der Waals surface area contributed by atoms with Gasteiger partial charge < -0.3 is 11.1 Å². The zero-order valence-electron chi connectivity index (χ0n) is 9.77. The highest BCUT2D eigenvalue weighted by atomic mass is 79.9. The van der Waals surface area contributed by atoms with Gasteiger partial charge in [-0.1, -0.05) is 22.0 Å². The molecule has 0 unspecified atom stereocenters. The molecule has 1 heterocycles. The molecular formula is C13H12BrN3O. The number of anilines is 2. The molecule has 0 radical (unpaired) electrons. The number of carbonyl (C=O) groups is 1. The smallest absolute Gasteiger partial charge is 0.257 e. The van der Waals surface area contributed by atoms with E-state index in [-0.39, 0.29) is 5.91 Å². The Morgan fingerprint density at radius 3 is 2.83 bits per heavy atom. The molecule has 0 bridgehead atoms. The van der Waals surface area contributed by atoms with Crippen LogP contribution in [0, 0.1) is 6.92 Å². The van der Waals surface area contributed by atoms with Crippen LogP contribution in [-0.2, 0) is 0 Å². The number of nitrogens with one attached hydrogen (secondary N) is 1. The van der Waals surface area contributed by atoms with Gasteiger partial charge in [0.1, 0.15) is 0 Å². The van der Waals surface area contributed by atoms with Crippen molar-refractivity contribution in [1.82, 2.24) is 4.98 Å². The Morgan fingerprint density at radius 1 is 1.39 bits per heavy atom. The Morgan fingerprint density at radius 2 is 2.17 bits per heavy atom. The van der Waals surface area contributed by atoms with Crippen molar-refractivity contribution in [3.8, 4) is 0 Å². The lowest BCUT2D eigenvalue weighted by Crippen LogP contribution is -2.14. The summed E-state index contributed by atoms with van der Waals surface area (Å²) in [6.45, 7) is 1.98. The average Bonchev–Trinajstić information content (AvgIpc) is 2.34. The van der Waals surface area contributed by atoms with Gasteiger partial charge in [0.25, 0.3) is 5.91 Å². The summed E-state index contributed by atoms with van der Waals surface area (Å²) >= 11 is 3.42. The third kappa shape index (κ3) is 2.68. The summed E-state index contributed by atoms with van der Waals surface area (Å²) in [4.78, 5) is 15.8. The van der Waals surface area contributed by atoms with E-state index in [1.807, 2.05) is 25.1 Å². The van der Waals surface area contributed by atoms with Gasteiger partial charge in [0.15, 0.2) is 0 Å². The topological polar surface area (TPSA) is 68.0 Å². The number of carbonyl (C=O) groups excluding carboxylic acids is 1. The number of aryl methyl sites for hydroxylation is 1. The fourth-order valence-corrected chi connectivity index (χ4v) is 1.86. The van der Waals surface area contributed by atoms with Crippen molar-refractivity contribution in [2.75, 3.05) is 11.1 Å². The van der Waals surface area contributed by atoms with E-state index < -0.39 is 0 Å². The largest absolute Gasteiger partial charge is 0.397 e. The summed E-state index contributed by atoms with van der Waals surface area (Å²) in [7, 11) is 0. The first-order valence-electron chi connectivity index (χ1n) is 5.35. The monoisotopic (exact) mass is 305 g/mol. The standard InChI is InChI=1S/C13H12BrN3O/c1-8-2-3-9(6-11(8)14)17-13(18)10-4-5-16-7-12(10)15/h2-7H,15H2,1H3,(H,17,18). The number of rotatable bonds is 2. The average molecular weight is 306 g/mol. The van der Waals surface area contributed by atoms with Gasteiger partial charge in [-0.3, -0.25) is 9.78 Å². The SMILES string of the molecule is Cc1ccc(NC(=O)c2ccncc2N)cc1Br. The normalized spacial score (nSPS) is 10.1. The van der Waals surface area contributed by atoms with Gasteiger partial charge in [-0.05, 0) is 30.7 Å². The number of hydrogen-bond acceptors (Lipinski definition) is 3. The predicted octanol–water partition coefficient (Wildman–Crippen LogP) is 2.99. The summed E-state index contributed by atoms with van der Waals surface area (Å²) in [5.74, 6) is -0.245. The summed E-state index contributed by atoms with van der Waals surface area (Å²) < 4.78 is 0.947. The van der Waals surface area contributed by atoms with Gasteiger partial charge >= 0.3 is 0 Å². The number of aromatic nitrogens is 1. The van der Waals surface area contributed by atoms with Crippen LogP contribution in [0.4, 0.5) is 11.4 Å². The molecule has 3 N–H and O–H groups in total. The molecule has 0 aliphatic carbocycles. The second kappa shape index (κ2) is 5.18. The van der Waals surface area contributed by atoms with Crippen LogP contribution in [0.25, 0.3) is 0 Å². The minimum atomic E-state index is -0.245. The molecule has 0 saturated carbocycles. The van der Waals surface area contributed by atoms with Crippen LogP contribution >= 0.6 is 15.9 Å². The molecule has 2 aromatic rings. The lowest BCUT2D eigenvalue weighted by atomic mass is 10.2. The molecule has 1 amide bonds. The van der Waals surface area contributed by atoms with E-state index in [2.05, 4.69) is 26.2 Å². The lowest BCUT2D eigenvalue weighted by molar-refractivity contribution is 0.102. The van der Waals surface area contributed by atoms with E-state index >= 15 is 0 Å². The van der Waals surface area contributed by atoms with Gasteiger partial charge in [-0.15, -0.1) is 0 Å². The quantitative estimate of drug-likeness (QED) is 0.896. The molecule has 92 valence electrons. The number of hydrogen-bond donors (Lipinski definition) is 2. The molecule has 5 heteroatoms. The fourth-order valence-electron chi connectivity index (χ4n) is 1.48. The highest BCUT2D eigenvalue weighted by Crippen LogP contribution is 2.21. The van der Waals surface area contributed by atoms with Crippen LogP contribution in [-0.4, -0.2) is 10.9 Å². The van der Waals surface area contributed by atoms with Crippen molar-refractivity contribution in [2.24, 2.45) is 0 Å². The van der Waals surface area contributed by atoms with Crippen molar-refractivity contribution >= 4 is 33.2 Å². The van der Waals surface area contributed by atoms with Crippen molar-refractivity contribution < 1.29 is 4.79 Å². The van der Waals surface area contributed by atoms with Crippen LogP contribution in [0.15, 0.2) is 41.1 Å². The summed E-state index contributed by atoms with van der Waals surface area (Å²) in [5, 5.41) is 2.79. The Kier molecular flexibility index (Phi) is 3.62. The van der Waals surface area contributed by atoms with Crippen LogP contribution < -0.4 is 11.1 Å². The number of nitrogen functional groups attached to an aromatic ring is 1. The first-order valence-corrected chi connectivity index (χ1v) is 6.14. The highest BCUT2D eigenvalue weighted by Gasteiger charge is 2.09. The number of nitrogens with two attached hydrogens (primary N) is 1. The second-order valence-electron chi connectivity index (χ2n) is 3.88. The Balaban J connectivity index is 2.22. The minimum absolute atomic E-state index is 0.245. The molecule has 1 aromatic carbocycles. The lowest BCUT2D eigenvalue weighted by Gasteiger charge is -2.08. The number of benzene rings is 1. The molecule has 1 aromatic heterocycles. The Labute approximate surface area is 113 Å². The maximum absolute atomic E-state index is 12.0. The molecule has 0 aliphatic rings. The fraction of sp³-hybridized carbons (Fsp3) is 0.0769. The molecule has 18 heavy (non-hydrogen) atoms.